The molecule has 4 aromatic rings. The minimum atomic E-state index is -0.246. The molecule has 0 saturated carbocycles. The van der Waals surface area contributed by atoms with Crippen molar-refractivity contribution >= 4 is 43.8 Å². The van der Waals surface area contributed by atoms with Crippen molar-refractivity contribution in [3.63, 3.8) is 0 Å². The highest BCUT2D eigenvalue weighted by atomic mass is 32.1. The number of benzene rings is 3. The van der Waals surface area contributed by atoms with Gasteiger partial charge in [0.25, 0.3) is 5.91 Å². The molecule has 1 amide bonds. The molecular formula is C29H30N2OS. The van der Waals surface area contributed by atoms with E-state index in [9.17, 15) is 4.79 Å². The topological polar surface area (TPSA) is 41.1 Å². The van der Waals surface area contributed by atoms with Gasteiger partial charge in [-0.3, -0.25) is 4.79 Å². The minimum absolute atomic E-state index is 0.0662. The van der Waals surface area contributed by atoms with Gasteiger partial charge in [-0.15, -0.1) is 11.3 Å². The Bertz CT molecular complexity index is 1350. The highest BCUT2D eigenvalue weighted by Gasteiger charge is 2.37. The Labute approximate surface area is 199 Å². The predicted molar refractivity (Wildman–Crippen MR) is 139 cm³/mol. The van der Waals surface area contributed by atoms with E-state index in [2.05, 4.69) is 86.0 Å². The summed E-state index contributed by atoms with van der Waals surface area (Å²) in [6.07, 6.45) is 4.20. The van der Waals surface area contributed by atoms with Gasteiger partial charge in [0.15, 0.2) is 0 Å². The molecule has 1 aliphatic heterocycles. The summed E-state index contributed by atoms with van der Waals surface area (Å²) in [5, 5.41) is 12.9. The molecule has 3 aromatic carbocycles. The molecule has 2 aliphatic rings. The van der Waals surface area contributed by atoms with Crippen LogP contribution in [0.25, 0.3) is 21.5 Å². The molecule has 1 aromatic heterocycles. The average Bonchev–Trinajstić information content (AvgIpc) is 3.20. The van der Waals surface area contributed by atoms with Crippen molar-refractivity contribution in [1.29, 1.82) is 0 Å². The SMILES string of the molecule is CCC(C)(C)[C@@H]1CCc2c(sc3c2C(=O)N[C@H](c2c4ccccc4cc4ccccc24)N3)C1. The first-order valence-corrected chi connectivity index (χ1v) is 12.9. The molecule has 33 heavy (non-hydrogen) atoms. The Morgan fingerprint density at radius 3 is 2.33 bits per heavy atom. The van der Waals surface area contributed by atoms with Crippen molar-refractivity contribution in [2.24, 2.45) is 11.3 Å². The second-order valence-corrected chi connectivity index (χ2v) is 11.4. The summed E-state index contributed by atoms with van der Waals surface area (Å²) in [5.74, 6) is 0.743. The fraction of sp³-hybridized carbons (Fsp3) is 0.345. The number of rotatable bonds is 3. The molecule has 2 atom stereocenters. The van der Waals surface area contributed by atoms with E-state index in [4.69, 9.17) is 0 Å². The van der Waals surface area contributed by atoms with Gasteiger partial charge in [-0.2, -0.15) is 0 Å². The third-order valence-electron chi connectivity index (χ3n) is 8.16. The van der Waals surface area contributed by atoms with Crippen LogP contribution in [0.2, 0.25) is 0 Å². The second-order valence-electron chi connectivity index (χ2n) is 10.3. The molecule has 168 valence electrons. The maximum absolute atomic E-state index is 13.5. The largest absolute Gasteiger partial charge is 0.353 e. The summed E-state index contributed by atoms with van der Waals surface area (Å²) in [4.78, 5) is 14.9. The lowest BCUT2D eigenvalue weighted by Gasteiger charge is -2.36. The van der Waals surface area contributed by atoms with E-state index in [-0.39, 0.29) is 12.1 Å². The molecule has 2 N–H and O–H groups in total. The number of hydrogen-bond acceptors (Lipinski definition) is 3. The quantitative estimate of drug-likeness (QED) is 0.316. The van der Waals surface area contributed by atoms with E-state index in [1.807, 2.05) is 11.3 Å². The highest BCUT2D eigenvalue weighted by molar-refractivity contribution is 7.16. The van der Waals surface area contributed by atoms with E-state index in [0.29, 0.717) is 11.3 Å². The van der Waals surface area contributed by atoms with Gasteiger partial charge >= 0.3 is 0 Å². The molecule has 2 heterocycles. The zero-order valence-electron chi connectivity index (χ0n) is 19.5. The molecule has 6 rings (SSSR count). The van der Waals surface area contributed by atoms with E-state index < -0.39 is 0 Å². The van der Waals surface area contributed by atoms with Crippen LogP contribution in [0.15, 0.2) is 54.6 Å². The van der Waals surface area contributed by atoms with Crippen LogP contribution in [-0.2, 0) is 12.8 Å². The number of hydrogen-bond donors (Lipinski definition) is 2. The molecule has 0 radical (unpaired) electrons. The first kappa shape index (κ1) is 20.7. The molecule has 0 spiro atoms. The molecule has 0 saturated heterocycles. The van der Waals surface area contributed by atoms with Crippen molar-refractivity contribution in [3.8, 4) is 0 Å². The Morgan fingerprint density at radius 2 is 1.67 bits per heavy atom. The number of nitrogens with one attached hydrogen (secondary N) is 2. The summed E-state index contributed by atoms with van der Waals surface area (Å²) in [6.45, 7) is 7.08. The highest BCUT2D eigenvalue weighted by Crippen LogP contribution is 2.47. The smallest absolute Gasteiger partial charge is 0.256 e. The minimum Gasteiger partial charge on any atom is -0.353 e. The summed E-state index contributed by atoms with van der Waals surface area (Å²) in [7, 11) is 0. The molecule has 0 unspecified atom stereocenters. The monoisotopic (exact) mass is 454 g/mol. The van der Waals surface area contributed by atoms with Crippen LogP contribution in [0, 0.1) is 11.3 Å². The Kier molecular flexibility index (Phi) is 4.77. The summed E-state index contributed by atoms with van der Waals surface area (Å²) >= 11 is 1.81. The zero-order valence-corrected chi connectivity index (χ0v) is 20.3. The maximum atomic E-state index is 13.5. The number of anilines is 1. The normalized spacial score (nSPS) is 20.3. The van der Waals surface area contributed by atoms with Gasteiger partial charge in [0, 0.05) is 10.4 Å². The standard InChI is InChI=1S/C29H30N2OS/c1-4-29(2,3)19-13-14-22-23(16-19)33-28-25(22)27(32)30-26(31-28)24-20-11-7-5-9-17(20)15-18-10-6-8-12-21(18)24/h5-12,15,19,26,31H,4,13-14,16H2,1-3H3,(H,30,32)/t19-,26+/m1/s1. The summed E-state index contributed by atoms with van der Waals surface area (Å²) in [5.41, 5.74) is 3.66. The van der Waals surface area contributed by atoms with Gasteiger partial charge in [0.05, 0.1) is 5.56 Å². The van der Waals surface area contributed by atoms with Crippen molar-refractivity contribution < 1.29 is 4.79 Å². The third-order valence-corrected chi connectivity index (χ3v) is 9.35. The zero-order chi connectivity index (χ0) is 22.7. The Balaban J connectivity index is 1.44. The number of carbonyl (C=O) groups is 1. The summed E-state index contributed by atoms with van der Waals surface area (Å²) < 4.78 is 0. The fourth-order valence-electron chi connectivity index (χ4n) is 5.76. The van der Waals surface area contributed by atoms with Gasteiger partial charge in [0.1, 0.15) is 11.2 Å². The van der Waals surface area contributed by atoms with Crippen LogP contribution in [0.3, 0.4) is 0 Å². The van der Waals surface area contributed by atoms with Gasteiger partial charge in [0.2, 0.25) is 0 Å². The Hall–Kier alpha value is -2.85. The number of carbonyl (C=O) groups excluding carboxylic acids is 1. The lowest BCUT2D eigenvalue weighted by Crippen LogP contribution is -2.38. The van der Waals surface area contributed by atoms with Crippen LogP contribution in [0.5, 0.6) is 0 Å². The first-order chi connectivity index (χ1) is 16.0. The average molecular weight is 455 g/mol. The summed E-state index contributed by atoms with van der Waals surface area (Å²) in [6, 6.07) is 19.2. The van der Waals surface area contributed by atoms with Crippen molar-refractivity contribution in [2.45, 2.75) is 52.6 Å². The van der Waals surface area contributed by atoms with Crippen LogP contribution in [0.4, 0.5) is 5.00 Å². The van der Waals surface area contributed by atoms with Crippen molar-refractivity contribution in [3.05, 3.63) is 76.2 Å². The van der Waals surface area contributed by atoms with Crippen LogP contribution >= 0.6 is 11.3 Å². The van der Waals surface area contributed by atoms with E-state index >= 15 is 0 Å². The first-order valence-electron chi connectivity index (χ1n) is 12.1. The number of amides is 1. The van der Waals surface area contributed by atoms with Gasteiger partial charge in [-0.05, 0) is 63.8 Å². The number of fused-ring (bicyclic) bond motifs is 5. The van der Waals surface area contributed by atoms with Crippen molar-refractivity contribution in [1.82, 2.24) is 5.32 Å². The van der Waals surface area contributed by atoms with Gasteiger partial charge in [-0.25, -0.2) is 0 Å². The molecule has 0 fully saturated rings. The van der Waals surface area contributed by atoms with E-state index in [0.717, 1.165) is 29.0 Å². The molecule has 4 heteroatoms. The number of thiophene rings is 1. The van der Waals surface area contributed by atoms with E-state index in [1.165, 1.54) is 44.8 Å². The predicted octanol–water partition coefficient (Wildman–Crippen LogP) is 7.45. The molecular weight excluding hydrogens is 424 g/mol. The molecule has 1 aliphatic carbocycles. The lowest BCUT2D eigenvalue weighted by molar-refractivity contribution is 0.0935. The fourth-order valence-corrected chi connectivity index (χ4v) is 7.11. The van der Waals surface area contributed by atoms with Crippen molar-refractivity contribution in [2.75, 3.05) is 5.32 Å². The van der Waals surface area contributed by atoms with Crippen LogP contribution in [-0.4, -0.2) is 5.91 Å². The van der Waals surface area contributed by atoms with E-state index in [1.54, 1.807) is 0 Å². The Morgan fingerprint density at radius 1 is 1.00 bits per heavy atom. The lowest BCUT2D eigenvalue weighted by atomic mass is 9.69. The maximum Gasteiger partial charge on any atom is 0.256 e. The third kappa shape index (κ3) is 3.26. The molecule has 3 nitrogen and oxygen atoms in total. The van der Waals surface area contributed by atoms with Gasteiger partial charge < -0.3 is 10.6 Å². The van der Waals surface area contributed by atoms with Crippen LogP contribution < -0.4 is 10.6 Å². The molecule has 0 bridgehead atoms. The van der Waals surface area contributed by atoms with Gasteiger partial charge in [-0.1, -0.05) is 75.7 Å². The van der Waals surface area contributed by atoms with Crippen LogP contribution in [0.1, 0.15) is 66.1 Å². The second kappa shape index (κ2) is 7.59.